The van der Waals surface area contributed by atoms with Crippen LogP contribution in [0.2, 0.25) is 10.0 Å². The molecule has 0 bridgehead atoms. The molecule has 0 saturated carbocycles. The largest absolute Gasteiger partial charge is 0.492 e. The van der Waals surface area contributed by atoms with Gasteiger partial charge in [0.25, 0.3) is 0 Å². The predicted molar refractivity (Wildman–Crippen MR) is 76.9 cm³/mol. The van der Waals surface area contributed by atoms with Crippen molar-refractivity contribution in [1.82, 2.24) is 5.32 Å². The second-order valence-electron chi connectivity index (χ2n) is 4.05. The smallest absolute Gasteiger partial charge is 0.122 e. The van der Waals surface area contributed by atoms with Gasteiger partial charge in [-0.25, -0.2) is 0 Å². The second kappa shape index (κ2) is 8.87. The summed E-state index contributed by atoms with van der Waals surface area (Å²) in [5.41, 5.74) is 0. The fourth-order valence-corrected chi connectivity index (χ4v) is 1.75. The minimum absolute atomic E-state index is 0. The molecule has 5 heteroatoms. The van der Waals surface area contributed by atoms with Crippen LogP contribution in [0.4, 0.5) is 0 Å². The van der Waals surface area contributed by atoms with Crippen molar-refractivity contribution in [2.24, 2.45) is 5.92 Å². The molecule has 0 saturated heterocycles. The SMILES string of the molecule is CC(C)CNCCOc1cc(Cl)cc(Cl)c1.Cl. The summed E-state index contributed by atoms with van der Waals surface area (Å²) in [6, 6.07) is 5.21. The van der Waals surface area contributed by atoms with E-state index in [1.54, 1.807) is 18.2 Å². The number of hydrogen-bond acceptors (Lipinski definition) is 2. The highest BCUT2D eigenvalue weighted by molar-refractivity contribution is 6.34. The Hall–Kier alpha value is -0.150. The van der Waals surface area contributed by atoms with Gasteiger partial charge in [0.05, 0.1) is 0 Å². The Labute approximate surface area is 119 Å². The van der Waals surface area contributed by atoms with E-state index in [2.05, 4.69) is 19.2 Å². The Morgan fingerprint density at radius 2 is 1.76 bits per heavy atom. The maximum Gasteiger partial charge on any atom is 0.122 e. The molecule has 0 unspecified atom stereocenters. The van der Waals surface area contributed by atoms with E-state index in [1.165, 1.54) is 0 Å². The normalized spacial score (nSPS) is 10.2. The van der Waals surface area contributed by atoms with E-state index in [0.29, 0.717) is 28.3 Å². The summed E-state index contributed by atoms with van der Waals surface area (Å²) in [4.78, 5) is 0. The molecule has 98 valence electrons. The van der Waals surface area contributed by atoms with Crippen LogP contribution in [-0.4, -0.2) is 19.7 Å². The first kappa shape index (κ1) is 16.9. The van der Waals surface area contributed by atoms with Gasteiger partial charge in [-0.05, 0) is 30.7 Å². The Kier molecular flexibility index (Phi) is 8.79. The van der Waals surface area contributed by atoms with E-state index in [1.807, 2.05) is 0 Å². The third kappa shape index (κ3) is 7.72. The van der Waals surface area contributed by atoms with Crippen LogP contribution in [0.25, 0.3) is 0 Å². The molecule has 17 heavy (non-hydrogen) atoms. The zero-order valence-electron chi connectivity index (χ0n) is 10.0. The van der Waals surface area contributed by atoms with Gasteiger partial charge < -0.3 is 10.1 Å². The van der Waals surface area contributed by atoms with Crippen LogP contribution in [0.3, 0.4) is 0 Å². The van der Waals surface area contributed by atoms with Gasteiger partial charge in [0.1, 0.15) is 12.4 Å². The maximum absolute atomic E-state index is 5.85. The van der Waals surface area contributed by atoms with E-state index >= 15 is 0 Å². The predicted octanol–water partition coefficient (Wildman–Crippen LogP) is 4.04. The van der Waals surface area contributed by atoms with Crippen molar-refractivity contribution in [3.05, 3.63) is 28.2 Å². The quantitative estimate of drug-likeness (QED) is 0.800. The third-order valence-corrected chi connectivity index (χ3v) is 2.37. The second-order valence-corrected chi connectivity index (χ2v) is 4.92. The first-order chi connectivity index (χ1) is 7.58. The van der Waals surface area contributed by atoms with E-state index in [4.69, 9.17) is 27.9 Å². The molecule has 0 heterocycles. The standard InChI is InChI=1S/C12H17Cl2NO.ClH/c1-9(2)8-15-3-4-16-12-6-10(13)5-11(14)7-12;/h5-7,9,15H,3-4,8H2,1-2H3;1H. The fraction of sp³-hybridized carbons (Fsp3) is 0.500. The van der Waals surface area contributed by atoms with E-state index < -0.39 is 0 Å². The first-order valence-corrected chi connectivity index (χ1v) is 6.13. The van der Waals surface area contributed by atoms with Crippen molar-refractivity contribution >= 4 is 35.6 Å². The molecule has 1 aromatic rings. The monoisotopic (exact) mass is 297 g/mol. The summed E-state index contributed by atoms with van der Waals surface area (Å²) in [5.74, 6) is 1.37. The molecular weight excluding hydrogens is 280 g/mol. The molecule has 1 rings (SSSR count). The lowest BCUT2D eigenvalue weighted by atomic mass is 10.2. The highest BCUT2D eigenvalue weighted by Crippen LogP contribution is 2.23. The van der Waals surface area contributed by atoms with Crippen LogP contribution in [0, 0.1) is 5.92 Å². The third-order valence-electron chi connectivity index (χ3n) is 1.94. The van der Waals surface area contributed by atoms with Crippen molar-refractivity contribution in [2.75, 3.05) is 19.7 Å². The first-order valence-electron chi connectivity index (χ1n) is 5.37. The number of benzene rings is 1. The Bertz CT molecular complexity index is 311. The van der Waals surface area contributed by atoms with E-state index in [9.17, 15) is 0 Å². The summed E-state index contributed by atoms with van der Waals surface area (Å²) in [6.45, 7) is 6.78. The van der Waals surface area contributed by atoms with Crippen molar-refractivity contribution in [1.29, 1.82) is 0 Å². The zero-order valence-corrected chi connectivity index (χ0v) is 12.3. The molecule has 0 amide bonds. The molecule has 0 aliphatic heterocycles. The summed E-state index contributed by atoms with van der Waals surface area (Å²) in [5, 5.41) is 4.48. The average molecular weight is 299 g/mol. The van der Waals surface area contributed by atoms with Gasteiger partial charge in [-0.3, -0.25) is 0 Å². The molecule has 0 aliphatic rings. The topological polar surface area (TPSA) is 21.3 Å². The summed E-state index contributed by atoms with van der Waals surface area (Å²) >= 11 is 11.7. The Morgan fingerprint density at radius 3 is 2.29 bits per heavy atom. The highest BCUT2D eigenvalue weighted by atomic mass is 35.5. The molecule has 0 aromatic heterocycles. The molecular formula is C12H18Cl3NO. The molecule has 0 atom stereocenters. The number of hydrogen-bond donors (Lipinski definition) is 1. The van der Waals surface area contributed by atoms with E-state index in [0.717, 1.165) is 13.1 Å². The molecule has 2 nitrogen and oxygen atoms in total. The lowest BCUT2D eigenvalue weighted by Gasteiger charge is -2.09. The van der Waals surface area contributed by atoms with Crippen LogP contribution in [0.5, 0.6) is 5.75 Å². The van der Waals surface area contributed by atoms with Crippen LogP contribution in [0.1, 0.15) is 13.8 Å². The lowest BCUT2D eigenvalue weighted by molar-refractivity contribution is 0.311. The zero-order chi connectivity index (χ0) is 12.0. The van der Waals surface area contributed by atoms with E-state index in [-0.39, 0.29) is 12.4 Å². The highest BCUT2D eigenvalue weighted by Gasteiger charge is 1.99. The molecule has 0 aliphatic carbocycles. The lowest BCUT2D eigenvalue weighted by Crippen LogP contribution is -2.24. The van der Waals surface area contributed by atoms with Crippen molar-refractivity contribution in [3.63, 3.8) is 0 Å². The molecule has 1 aromatic carbocycles. The van der Waals surface area contributed by atoms with Gasteiger partial charge in [0.15, 0.2) is 0 Å². The minimum atomic E-state index is 0. The van der Waals surface area contributed by atoms with Gasteiger partial charge in [0, 0.05) is 16.6 Å². The molecule has 0 spiro atoms. The van der Waals surface area contributed by atoms with Crippen LogP contribution < -0.4 is 10.1 Å². The van der Waals surface area contributed by atoms with Crippen LogP contribution in [-0.2, 0) is 0 Å². The molecule has 1 N–H and O–H groups in total. The minimum Gasteiger partial charge on any atom is -0.492 e. The fourth-order valence-electron chi connectivity index (χ4n) is 1.24. The molecule has 0 fully saturated rings. The van der Waals surface area contributed by atoms with Crippen LogP contribution >= 0.6 is 35.6 Å². The van der Waals surface area contributed by atoms with Gasteiger partial charge in [-0.15, -0.1) is 12.4 Å². The van der Waals surface area contributed by atoms with Crippen molar-refractivity contribution in [3.8, 4) is 5.75 Å². The van der Waals surface area contributed by atoms with Crippen LogP contribution in [0.15, 0.2) is 18.2 Å². The Morgan fingerprint density at radius 1 is 1.18 bits per heavy atom. The van der Waals surface area contributed by atoms with Gasteiger partial charge in [-0.2, -0.15) is 0 Å². The maximum atomic E-state index is 5.85. The number of halogens is 3. The number of ether oxygens (including phenoxy) is 1. The van der Waals surface area contributed by atoms with Crippen molar-refractivity contribution in [2.45, 2.75) is 13.8 Å². The summed E-state index contributed by atoms with van der Waals surface area (Å²) < 4.78 is 5.52. The average Bonchev–Trinajstić information content (AvgIpc) is 2.15. The molecule has 0 radical (unpaired) electrons. The van der Waals surface area contributed by atoms with Gasteiger partial charge >= 0.3 is 0 Å². The Balaban J connectivity index is 0.00000256. The summed E-state index contributed by atoms with van der Waals surface area (Å²) in [6.07, 6.45) is 0. The number of nitrogens with one attached hydrogen (secondary N) is 1. The summed E-state index contributed by atoms with van der Waals surface area (Å²) in [7, 11) is 0. The van der Waals surface area contributed by atoms with Gasteiger partial charge in [0.2, 0.25) is 0 Å². The number of rotatable bonds is 6. The van der Waals surface area contributed by atoms with Gasteiger partial charge in [-0.1, -0.05) is 37.0 Å². The van der Waals surface area contributed by atoms with Crippen molar-refractivity contribution < 1.29 is 4.74 Å².